The number of hydrogen-bond donors (Lipinski definition) is 1. The lowest BCUT2D eigenvalue weighted by atomic mass is 9.89. The molecule has 1 heterocycles. The molecule has 2 nitrogen and oxygen atoms in total. The number of rotatable bonds is 13. The molecule has 0 radical (unpaired) electrons. The SMILES string of the molecule is C=C/C(C)=C(\C=C\CC)c1cc(C(/C=C\C=C\CC)=C/C)cc(-c2cccc(-c3cc(C4=CC=CCN=C4)cc(C(/C=C\C)=C/N)c3)c2)c1. The van der Waals surface area contributed by atoms with Crippen molar-refractivity contribution in [1.29, 1.82) is 0 Å². The summed E-state index contributed by atoms with van der Waals surface area (Å²) in [6, 6.07) is 22.4. The maximum absolute atomic E-state index is 6.14. The zero-order valence-electron chi connectivity index (χ0n) is 29.8. The molecule has 0 bridgehead atoms. The van der Waals surface area contributed by atoms with E-state index in [0.717, 1.165) is 68.5 Å². The maximum atomic E-state index is 6.14. The summed E-state index contributed by atoms with van der Waals surface area (Å²) in [7, 11) is 0. The molecular weight excluding hydrogens is 593 g/mol. The Labute approximate surface area is 294 Å². The van der Waals surface area contributed by atoms with E-state index in [0.29, 0.717) is 6.54 Å². The van der Waals surface area contributed by atoms with Crippen molar-refractivity contribution >= 4 is 28.5 Å². The molecule has 49 heavy (non-hydrogen) atoms. The van der Waals surface area contributed by atoms with Crippen LogP contribution in [0, 0.1) is 0 Å². The minimum absolute atomic E-state index is 0.680. The number of nitrogens with two attached hydrogens (primary N) is 1. The lowest BCUT2D eigenvalue weighted by Crippen LogP contribution is -1.94. The molecule has 0 amide bonds. The quantitative estimate of drug-likeness (QED) is 0.185. The van der Waals surface area contributed by atoms with Crippen LogP contribution in [0.2, 0.25) is 0 Å². The van der Waals surface area contributed by atoms with E-state index < -0.39 is 0 Å². The average molecular weight is 643 g/mol. The molecule has 248 valence electrons. The molecule has 3 aromatic carbocycles. The molecule has 0 aromatic heterocycles. The third-order valence-corrected chi connectivity index (χ3v) is 8.41. The molecule has 0 saturated heterocycles. The van der Waals surface area contributed by atoms with Crippen LogP contribution in [-0.4, -0.2) is 12.8 Å². The maximum Gasteiger partial charge on any atom is 0.0573 e. The van der Waals surface area contributed by atoms with Crippen molar-refractivity contribution in [3.63, 3.8) is 0 Å². The average Bonchev–Trinajstić information content (AvgIpc) is 3.44. The Balaban J connectivity index is 1.94. The summed E-state index contributed by atoms with van der Waals surface area (Å²) in [5.41, 5.74) is 20.7. The number of allylic oxidation sites excluding steroid dienone is 17. The summed E-state index contributed by atoms with van der Waals surface area (Å²) < 4.78 is 0. The van der Waals surface area contributed by atoms with Gasteiger partial charge in [-0.25, -0.2) is 0 Å². The fourth-order valence-corrected chi connectivity index (χ4v) is 5.74. The van der Waals surface area contributed by atoms with Crippen LogP contribution in [-0.2, 0) is 0 Å². The van der Waals surface area contributed by atoms with Crippen molar-refractivity contribution in [2.24, 2.45) is 10.7 Å². The van der Waals surface area contributed by atoms with Gasteiger partial charge in [-0.1, -0.05) is 118 Å². The van der Waals surface area contributed by atoms with Gasteiger partial charge >= 0.3 is 0 Å². The van der Waals surface area contributed by atoms with Gasteiger partial charge in [0.05, 0.1) is 6.54 Å². The first-order chi connectivity index (χ1) is 24.0. The van der Waals surface area contributed by atoms with Gasteiger partial charge in [-0.3, -0.25) is 4.99 Å². The Morgan fingerprint density at radius 3 is 2.12 bits per heavy atom. The molecule has 4 rings (SSSR count). The summed E-state index contributed by atoms with van der Waals surface area (Å²) in [5.74, 6) is 0. The van der Waals surface area contributed by atoms with Gasteiger partial charge in [-0.15, -0.1) is 0 Å². The third kappa shape index (κ3) is 9.78. The largest absolute Gasteiger partial charge is 0.404 e. The highest BCUT2D eigenvalue weighted by Gasteiger charge is 2.13. The molecule has 2 N–H and O–H groups in total. The third-order valence-electron chi connectivity index (χ3n) is 8.41. The second-order valence-electron chi connectivity index (χ2n) is 11.9. The molecule has 0 aliphatic carbocycles. The number of hydrogen-bond acceptors (Lipinski definition) is 2. The summed E-state index contributed by atoms with van der Waals surface area (Å²) >= 11 is 0. The van der Waals surface area contributed by atoms with Crippen LogP contribution in [0.15, 0.2) is 163 Å². The van der Waals surface area contributed by atoms with Crippen LogP contribution in [0.4, 0.5) is 0 Å². The van der Waals surface area contributed by atoms with Crippen LogP contribution in [0.1, 0.15) is 69.7 Å². The minimum atomic E-state index is 0.680. The van der Waals surface area contributed by atoms with Crippen molar-refractivity contribution in [2.45, 2.75) is 47.5 Å². The number of nitrogens with zero attached hydrogens (tertiary/aromatic N) is 1. The zero-order chi connectivity index (χ0) is 35.0. The molecule has 0 fully saturated rings. The Kier molecular flexibility index (Phi) is 13.9. The molecule has 1 aliphatic rings. The molecule has 0 atom stereocenters. The van der Waals surface area contributed by atoms with Crippen molar-refractivity contribution in [3.8, 4) is 22.3 Å². The standard InChI is InChI=1S/C47H50N2/c1-7-12-14-15-20-36(11-5)41-27-43(32-46(31-41)47(24-13-8-2)35(6)10-4)38-23-18-22-37(26-38)42-28-44(39(33-48)19-9-3)30-45(29-42)40-21-16-17-25-49-34-40/h9-24,26-34H,4,7-8,25,48H2,1-3,5-6H3/b14-12+,19-9-,20-15-,24-13+,36-11+,39-33+,47-35+. The molecular formula is C47H50N2. The highest BCUT2D eigenvalue weighted by Crippen LogP contribution is 2.35. The van der Waals surface area contributed by atoms with Gasteiger partial charge in [-0.2, -0.15) is 0 Å². The molecule has 3 aromatic rings. The van der Waals surface area contributed by atoms with E-state index in [2.05, 4.69) is 167 Å². The van der Waals surface area contributed by atoms with Crippen LogP contribution in [0.25, 0.3) is 44.5 Å². The van der Waals surface area contributed by atoms with Gasteiger partial charge < -0.3 is 5.73 Å². The summed E-state index contributed by atoms with van der Waals surface area (Å²) in [5, 5.41) is 0. The highest BCUT2D eigenvalue weighted by molar-refractivity contribution is 6.11. The normalized spacial score (nSPS) is 14.7. The number of benzene rings is 3. The van der Waals surface area contributed by atoms with Crippen molar-refractivity contribution < 1.29 is 0 Å². The summed E-state index contributed by atoms with van der Waals surface area (Å²) in [6.45, 7) is 15.3. The van der Waals surface area contributed by atoms with E-state index in [4.69, 9.17) is 5.73 Å². The fraction of sp³-hybridized carbons (Fsp3) is 0.170. The first kappa shape index (κ1) is 36.4. The predicted octanol–water partition coefficient (Wildman–Crippen LogP) is 12.8. The van der Waals surface area contributed by atoms with Gasteiger partial charge in [0, 0.05) is 12.4 Å². The van der Waals surface area contributed by atoms with Crippen molar-refractivity contribution in [1.82, 2.24) is 0 Å². The minimum Gasteiger partial charge on any atom is -0.404 e. The lowest BCUT2D eigenvalue weighted by molar-refractivity contribution is 1.22. The van der Waals surface area contributed by atoms with E-state index in [-0.39, 0.29) is 0 Å². The van der Waals surface area contributed by atoms with Gasteiger partial charge in [0.25, 0.3) is 0 Å². The van der Waals surface area contributed by atoms with Crippen LogP contribution in [0.3, 0.4) is 0 Å². The smallest absolute Gasteiger partial charge is 0.0573 e. The first-order valence-electron chi connectivity index (χ1n) is 17.3. The Morgan fingerprint density at radius 1 is 0.776 bits per heavy atom. The van der Waals surface area contributed by atoms with E-state index in [1.54, 1.807) is 6.20 Å². The van der Waals surface area contributed by atoms with E-state index in [1.165, 1.54) is 16.7 Å². The van der Waals surface area contributed by atoms with Gasteiger partial charge in [0.15, 0.2) is 0 Å². The van der Waals surface area contributed by atoms with E-state index in [1.807, 2.05) is 25.3 Å². The Bertz CT molecular complexity index is 1940. The highest BCUT2D eigenvalue weighted by atomic mass is 14.7. The lowest BCUT2D eigenvalue weighted by Gasteiger charge is -2.15. The predicted molar refractivity (Wildman–Crippen MR) is 219 cm³/mol. The molecule has 2 heteroatoms. The number of aliphatic imine (C=N–C) groups is 1. The fourth-order valence-electron chi connectivity index (χ4n) is 5.74. The van der Waals surface area contributed by atoms with Crippen LogP contribution in [0.5, 0.6) is 0 Å². The first-order valence-corrected chi connectivity index (χ1v) is 17.3. The summed E-state index contributed by atoms with van der Waals surface area (Å²) in [6.07, 6.45) is 33.1. The zero-order valence-corrected chi connectivity index (χ0v) is 29.8. The van der Waals surface area contributed by atoms with E-state index in [9.17, 15) is 0 Å². The molecule has 1 aliphatic heterocycles. The van der Waals surface area contributed by atoms with Crippen molar-refractivity contribution in [2.75, 3.05) is 6.54 Å². The summed E-state index contributed by atoms with van der Waals surface area (Å²) in [4.78, 5) is 4.57. The second-order valence-corrected chi connectivity index (χ2v) is 11.9. The van der Waals surface area contributed by atoms with Crippen molar-refractivity contribution in [3.05, 3.63) is 180 Å². The van der Waals surface area contributed by atoms with E-state index >= 15 is 0 Å². The van der Waals surface area contributed by atoms with Crippen LogP contribution >= 0.6 is 0 Å². The Hall–Kier alpha value is -5.47. The Morgan fingerprint density at radius 2 is 1.45 bits per heavy atom. The van der Waals surface area contributed by atoms with Crippen LogP contribution < -0.4 is 5.73 Å². The van der Waals surface area contributed by atoms with Gasteiger partial charge in [0.1, 0.15) is 0 Å². The van der Waals surface area contributed by atoms with Gasteiger partial charge in [0.2, 0.25) is 0 Å². The molecule has 0 saturated carbocycles. The molecule has 0 spiro atoms. The topological polar surface area (TPSA) is 38.4 Å². The van der Waals surface area contributed by atoms with Gasteiger partial charge in [-0.05, 0) is 148 Å². The second kappa shape index (κ2) is 18.8. The monoisotopic (exact) mass is 642 g/mol. The molecule has 0 unspecified atom stereocenters.